The smallest absolute Gasteiger partial charge is 0.0538 e. The molecule has 0 fully saturated rings. The number of hydrogen-bond donors (Lipinski definition) is 2. The third-order valence-electron chi connectivity index (χ3n) is 4.37. The normalized spacial score (nSPS) is 19.6. The standard InChI is InChI=1S/C16H22N4/c1-2-20-11-15(10-18-20)16(19-17)14-8-7-12-5-3-4-6-13(12)9-14/h3-6,10-11,14,16,19H,2,7-9,17H2,1H3. The van der Waals surface area contributed by atoms with Crippen LogP contribution in [0.3, 0.4) is 0 Å². The number of rotatable bonds is 4. The Morgan fingerprint density at radius 2 is 2.20 bits per heavy atom. The summed E-state index contributed by atoms with van der Waals surface area (Å²) in [6.45, 7) is 2.99. The lowest BCUT2D eigenvalue weighted by atomic mass is 9.79. The fourth-order valence-electron chi connectivity index (χ4n) is 3.23. The second-order valence-corrected chi connectivity index (χ2v) is 5.55. The molecule has 4 nitrogen and oxygen atoms in total. The number of hydrogen-bond acceptors (Lipinski definition) is 3. The predicted octanol–water partition coefficient (Wildman–Crippen LogP) is 2.21. The van der Waals surface area contributed by atoms with Crippen LogP contribution >= 0.6 is 0 Å². The summed E-state index contributed by atoms with van der Waals surface area (Å²) in [5.74, 6) is 6.35. The molecule has 2 aromatic rings. The van der Waals surface area contributed by atoms with Crippen LogP contribution in [0.1, 0.15) is 36.1 Å². The number of nitrogens with two attached hydrogens (primary N) is 1. The number of aryl methyl sites for hydroxylation is 2. The quantitative estimate of drug-likeness (QED) is 0.661. The number of aromatic nitrogens is 2. The Bertz CT molecular complexity index is 575. The van der Waals surface area contributed by atoms with Crippen LogP contribution in [0, 0.1) is 5.92 Å². The molecule has 106 valence electrons. The molecule has 0 amide bonds. The first-order valence-electron chi connectivity index (χ1n) is 7.37. The molecule has 0 bridgehead atoms. The number of nitrogens with one attached hydrogen (secondary N) is 1. The topological polar surface area (TPSA) is 55.9 Å². The van der Waals surface area contributed by atoms with Gasteiger partial charge in [0.1, 0.15) is 0 Å². The second kappa shape index (κ2) is 5.77. The van der Waals surface area contributed by atoms with E-state index in [4.69, 9.17) is 5.84 Å². The minimum Gasteiger partial charge on any atom is -0.273 e. The molecule has 1 aliphatic rings. The molecule has 0 radical (unpaired) electrons. The molecular formula is C16H22N4. The molecule has 1 aromatic heterocycles. The van der Waals surface area contributed by atoms with Crippen LogP contribution < -0.4 is 11.3 Å². The third kappa shape index (κ3) is 2.49. The fraction of sp³-hybridized carbons (Fsp3) is 0.438. The van der Waals surface area contributed by atoms with Gasteiger partial charge in [0, 0.05) is 18.3 Å². The van der Waals surface area contributed by atoms with Crippen molar-refractivity contribution in [3.63, 3.8) is 0 Å². The van der Waals surface area contributed by atoms with Gasteiger partial charge in [-0.25, -0.2) is 0 Å². The summed E-state index contributed by atoms with van der Waals surface area (Å²) >= 11 is 0. The van der Waals surface area contributed by atoms with E-state index >= 15 is 0 Å². The summed E-state index contributed by atoms with van der Waals surface area (Å²) in [5.41, 5.74) is 7.15. The van der Waals surface area contributed by atoms with Crippen molar-refractivity contribution in [2.75, 3.05) is 0 Å². The van der Waals surface area contributed by atoms with E-state index in [9.17, 15) is 0 Å². The van der Waals surface area contributed by atoms with Crippen molar-refractivity contribution in [1.29, 1.82) is 0 Å². The highest BCUT2D eigenvalue weighted by Crippen LogP contribution is 2.33. The molecule has 3 rings (SSSR count). The molecule has 3 N–H and O–H groups in total. The highest BCUT2D eigenvalue weighted by molar-refractivity contribution is 5.30. The van der Waals surface area contributed by atoms with Crippen molar-refractivity contribution >= 4 is 0 Å². The van der Waals surface area contributed by atoms with Gasteiger partial charge in [0.2, 0.25) is 0 Å². The average molecular weight is 270 g/mol. The molecule has 2 unspecified atom stereocenters. The molecule has 1 aliphatic carbocycles. The largest absolute Gasteiger partial charge is 0.273 e. The first-order valence-corrected chi connectivity index (χ1v) is 7.37. The number of fused-ring (bicyclic) bond motifs is 1. The van der Waals surface area contributed by atoms with Gasteiger partial charge in [-0.3, -0.25) is 16.0 Å². The minimum atomic E-state index is 0.184. The molecule has 1 heterocycles. The van der Waals surface area contributed by atoms with Gasteiger partial charge in [-0.1, -0.05) is 24.3 Å². The van der Waals surface area contributed by atoms with Crippen LogP contribution in [0.15, 0.2) is 36.7 Å². The van der Waals surface area contributed by atoms with Crippen LogP contribution in [-0.2, 0) is 19.4 Å². The summed E-state index contributed by atoms with van der Waals surface area (Å²) in [7, 11) is 0. The van der Waals surface area contributed by atoms with Gasteiger partial charge in [-0.05, 0) is 43.2 Å². The Kier molecular flexibility index (Phi) is 3.85. The maximum absolute atomic E-state index is 5.82. The molecule has 20 heavy (non-hydrogen) atoms. The maximum atomic E-state index is 5.82. The van der Waals surface area contributed by atoms with E-state index in [-0.39, 0.29) is 6.04 Å². The van der Waals surface area contributed by atoms with Gasteiger partial charge < -0.3 is 0 Å². The zero-order chi connectivity index (χ0) is 13.9. The summed E-state index contributed by atoms with van der Waals surface area (Å²) in [4.78, 5) is 0. The lowest BCUT2D eigenvalue weighted by Crippen LogP contribution is -2.36. The zero-order valence-corrected chi connectivity index (χ0v) is 11.9. The number of benzene rings is 1. The van der Waals surface area contributed by atoms with Crippen molar-refractivity contribution < 1.29 is 0 Å². The third-order valence-corrected chi connectivity index (χ3v) is 4.37. The van der Waals surface area contributed by atoms with E-state index < -0.39 is 0 Å². The Morgan fingerprint density at radius 3 is 2.90 bits per heavy atom. The Hall–Kier alpha value is -1.65. The van der Waals surface area contributed by atoms with E-state index in [1.165, 1.54) is 23.1 Å². The van der Waals surface area contributed by atoms with Crippen molar-refractivity contribution in [1.82, 2.24) is 15.2 Å². The fourth-order valence-corrected chi connectivity index (χ4v) is 3.23. The lowest BCUT2D eigenvalue weighted by molar-refractivity contribution is 0.329. The first kappa shape index (κ1) is 13.3. The number of hydrazine groups is 1. The van der Waals surface area contributed by atoms with E-state index in [1.54, 1.807) is 0 Å². The van der Waals surface area contributed by atoms with Gasteiger partial charge in [0.25, 0.3) is 0 Å². The highest BCUT2D eigenvalue weighted by Gasteiger charge is 2.27. The van der Waals surface area contributed by atoms with E-state index in [1.807, 2.05) is 10.9 Å². The van der Waals surface area contributed by atoms with Crippen LogP contribution in [0.4, 0.5) is 0 Å². The van der Waals surface area contributed by atoms with E-state index in [0.29, 0.717) is 5.92 Å². The van der Waals surface area contributed by atoms with Gasteiger partial charge >= 0.3 is 0 Å². The van der Waals surface area contributed by atoms with Crippen LogP contribution in [0.2, 0.25) is 0 Å². The van der Waals surface area contributed by atoms with Crippen LogP contribution in [0.25, 0.3) is 0 Å². The van der Waals surface area contributed by atoms with Crippen LogP contribution in [0.5, 0.6) is 0 Å². The van der Waals surface area contributed by atoms with E-state index in [2.05, 4.69) is 47.9 Å². The molecule has 0 spiro atoms. The Balaban J connectivity index is 1.81. The van der Waals surface area contributed by atoms with E-state index in [0.717, 1.165) is 19.4 Å². The maximum Gasteiger partial charge on any atom is 0.0538 e. The first-order chi connectivity index (χ1) is 9.81. The zero-order valence-electron chi connectivity index (χ0n) is 11.9. The van der Waals surface area contributed by atoms with Crippen molar-refractivity contribution in [2.24, 2.45) is 11.8 Å². The van der Waals surface area contributed by atoms with Crippen LogP contribution in [-0.4, -0.2) is 9.78 Å². The van der Waals surface area contributed by atoms with Crippen molar-refractivity contribution in [2.45, 2.75) is 38.8 Å². The van der Waals surface area contributed by atoms with Gasteiger partial charge in [-0.15, -0.1) is 0 Å². The van der Waals surface area contributed by atoms with Gasteiger partial charge in [-0.2, -0.15) is 5.10 Å². The molecular weight excluding hydrogens is 248 g/mol. The Morgan fingerprint density at radius 1 is 1.40 bits per heavy atom. The van der Waals surface area contributed by atoms with Gasteiger partial charge in [0.05, 0.1) is 12.2 Å². The Labute approximate surface area is 120 Å². The summed E-state index contributed by atoms with van der Waals surface area (Å²) in [6.07, 6.45) is 7.44. The second-order valence-electron chi connectivity index (χ2n) is 5.55. The summed E-state index contributed by atoms with van der Waals surface area (Å²) in [5, 5.41) is 4.36. The predicted molar refractivity (Wildman–Crippen MR) is 79.9 cm³/mol. The van der Waals surface area contributed by atoms with Crippen molar-refractivity contribution in [3.8, 4) is 0 Å². The summed E-state index contributed by atoms with van der Waals surface area (Å²) < 4.78 is 1.95. The molecule has 0 aliphatic heterocycles. The van der Waals surface area contributed by atoms with Crippen molar-refractivity contribution in [3.05, 3.63) is 53.3 Å². The van der Waals surface area contributed by atoms with Gasteiger partial charge in [0.15, 0.2) is 0 Å². The molecule has 2 atom stereocenters. The SMILES string of the molecule is CCn1cc(C(NN)C2CCc3ccccc3C2)cn1. The minimum absolute atomic E-state index is 0.184. The lowest BCUT2D eigenvalue weighted by Gasteiger charge is -2.30. The molecule has 0 saturated heterocycles. The average Bonchev–Trinajstić information content (AvgIpc) is 2.97. The molecule has 4 heteroatoms. The highest BCUT2D eigenvalue weighted by atomic mass is 15.3. The molecule has 0 saturated carbocycles. The monoisotopic (exact) mass is 270 g/mol. The number of nitrogens with zero attached hydrogens (tertiary/aromatic N) is 2. The summed E-state index contributed by atoms with van der Waals surface area (Å²) in [6, 6.07) is 8.92. The molecule has 1 aromatic carbocycles.